The lowest BCUT2D eigenvalue weighted by molar-refractivity contribution is -0.151. The van der Waals surface area contributed by atoms with Gasteiger partial charge in [0.05, 0.1) is 17.0 Å². The van der Waals surface area contributed by atoms with Crippen molar-refractivity contribution >= 4 is 76.9 Å². The number of hydrogen-bond acceptors (Lipinski definition) is 17. The largest absolute Gasteiger partial charge is 0.508 e. The average molecular weight is 1190 g/mol. The van der Waals surface area contributed by atoms with E-state index >= 15 is 0 Å². The van der Waals surface area contributed by atoms with Gasteiger partial charge in [-0.3, -0.25) is 52.7 Å². The molecule has 2 saturated heterocycles. The van der Waals surface area contributed by atoms with E-state index < -0.39 is 70.8 Å². The van der Waals surface area contributed by atoms with Crippen LogP contribution in [-0.2, 0) is 38.4 Å². The summed E-state index contributed by atoms with van der Waals surface area (Å²) in [5.74, 6) is -8.48. The highest BCUT2D eigenvalue weighted by Gasteiger charge is 2.60. The Kier molecular flexibility index (Phi) is 22.6. The first-order valence-corrected chi connectivity index (χ1v) is 28.9. The summed E-state index contributed by atoms with van der Waals surface area (Å²) in [6.07, 6.45) is 0.290. The highest BCUT2D eigenvalue weighted by Crippen LogP contribution is 2.50. The van der Waals surface area contributed by atoms with Crippen molar-refractivity contribution in [3.05, 3.63) is 112 Å². The fraction of sp³-hybridized carbons (Fsp3) is 0.435. The molecule has 85 heavy (non-hydrogen) atoms. The molecular formula is C62H74N6O16S. The van der Waals surface area contributed by atoms with Gasteiger partial charge in [-0.05, 0) is 132 Å². The molecule has 2 aliphatic heterocycles. The van der Waals surface area contributed by atoms with Gasteiger partial charge in [-0.15, -0.1) is 11.8 Å². The molecular weight excluding hydrogens is 1120 g/mol. The number of aromatic hydroxyl groups is 1. The predicted octanol–water partition coefficient (Wildman–Crippen LogP) is 6.59. The van der Waals surface area contributed by atoms with E-state index in [-0.39, 0.29) is 139 Å². The van der Waals surface area contributed by atoms with Crippen molar-refractivity contribution in [2.75, 3.05) is 19.6 Å². The monoisotopic (exact) mass is 1190 g/mol. The third kappa shape index (κ3) is 17.5. The number of carbonyl (C=O) groups excluding carboxylic acids is 11. The van der Waals surface area contributed by atoms with E-state index in [0.717, 1.165) is 38.8 Å². The third-order valence-electron chi connectivity index (χ3n) is 15.0. The molecule has 2 heterocycles. The van der Waals surface area contributed by atoms with Gasteiger partial charge in [0.15, 0.2) is 23.0 Å². The Labute approximate surface area is 497 Å². The SMILES string of the molecule is CC(=O)Oc1cccc(C(=O)NCCCC(CCCNC(=O)c2cccc(C)c2C)(CCCNC(=O)c2cccc(OC(C)=O)c2OC(C)=O)NC(=O)CCC(=O)CC(C(=O)NC2C(=O)N3C2SC(C)(C)C3C)c2ccc(O)cc2)c1OC(C)=O. The Balaban J connectivity index is 1.24. The van der Waals surface area contributed by atoms with Crippen LogP contribution in [0.5, 0.6) is 28.7 Å². The zero-order chi connectivity index (χ0) is 62.3. The number of thioether (sulfide) groups is 1. The summed E-state index contributed by atoms with van der Waals surface area (Å²) < 4.78 is 20.8. The van der Waals surface area contributed by atoms with Crippen LogP contribution in [0, 0.1) is 13.8 Å². The minimum Gasteiger partial charge on any atom is -0.508 e. The van der Waals surface area contributed by atoms with E-state index in [1.165, 1.54) is 60.7 Å². The number of para-hydroxylation sites is 2. The van der Waals surface area contributed by atoms with Crippen molar-refractivity contribution in [1.29, 1.82) is 0 Å². The van der Waals surface area contributed by atoms with E-state index in [1.54, 1.807) is 28.8 Å². The molecule has 23 heteroatoms. The molecule has 2 fully saturated rings. The lowest BCUT2D eigenvalue weighted by Crippen LogP contribution is -2.69. The summed E-state index contributed by atoms with van der Waals surface area (Å²) in [6.45, 7) is 14.4. The van der Waals surface area contributed by atoms with Gasteiger partial charge >= 0.3 is 23.9 Å². The van der Waals surface area contributed by atoms with Gasteiger partial charge in [-0.1, -0.05) is 36.4 Å². The number of β-lactam (4-membered cyclic amide) rings is 1. The molecule has 0 saturated carbocycles. The number of phenols is 1. The maximum Gasteiger partial charge on any atom is 0.308 e. The van der Waals surface area contributed by atoms with E-state index in [2.05, 4.69) is 26.6 Å². The number of esters is 4. The normalized spacial score (nSPS) is 16.1. The van der Waals surface area contributed by atoms with Gasteiger partial charge in [-0.25, -0.2) is 0 Å². The lowest BCUT2D eigenvalue weighted by atomic mass is 9.83. The quantitative estimate of drug-likeness (QED) is 0.0151. The van der Waals surface area contributed by atoms with Crippen LogP contribution in [0.3, 0.4) is 0 Å². The molecule has 0 aliphatic carbocycles. The van der Waals surface area contributed by atoms with Crippen LogP contribution in [0.15, 0.2) is 78.9 Å². The number of ketones is 1. The van der Waals surface area contributed by atoms with E-state index in [1.807, 2.05) is 40.7 Å². The summed E-state index contributed by atoms with van der Waals surface area (Å²) in [5.41, 5.74) is 1.25. The minimum atomic E-state index is -1.15. The number of phenolic OH excluding ortho intramolecular Hbond substituents is 1. The topological polar surface area (TPSA) is 308 Å². The minimum absolute atomic E-state index is 0.00856. The second-order valence-corrected chi connectivity index (χ2v) is 23.5. The molecule has 0 aromatic heterocycles. The first kappa shape index (κ1) is 65.6. The fourth-order valence-corrected chi connectivity index (χ4v) is 11.9. The van der Waals surface area contributed by atoms with E-state index in [9.17, 15) is 57.8 Å². The number of aryl methyl sites for hydroxylation is 1. The smallest absolute Gasteiger partial charge is 0.308 e. The van der Waals surface area contributed by atoms with Gasteiger partial charge in [0.25, 0.3) is 17.7 Å². The number of amides is 6. The second kappa shape index (κ2) is 29.3. The number of hydrogen-bond donors (Lipinski definition) is 6. The Morgan fingerprint density at radius 2 is 1.09 bits per heavy atom. The van der Waals surface area contributed by atoms with E-state index in [4.69, 9.17) is 18.9 Å². The number of rotatable bonds is 28. The van der Waals surface area contributed by atoms with Gasteiger partial charge in [-0.2, -0.15) is 0 Å². The van der Waals surface area contributed by atoms with Crippen molar-refractivity contribution in [1.82, 2.24) is 31.5 Å². The number of Topliss-reactive ketones (excluding diaryl/α,β-unsaturated/α-hetero) is 1. The highest BCUT2D eigenvalue weighted by atomic mass is 32.2. The first-order valence-electron chi connectivity index (χ1n) is 28.0. The van der Waals surface area contributed by atoms with Crippen LogP contribution in [0.25, 0.3) is 0 Å². The van der Waals surface area contributed by atoms with Crippen LogP contribution in [0.2, 0.25) is 0 Å². The summed E-state index contributed by atoms with van der Waals surface area (Å²) in [7, 11) is 0. The third-order valence-corrected chi connectivity index (χ3v) is 16.6. The first-order chi connectivity index (χ1) is 40.2. The van der Waals surface area contributed by atoms with Gasteiger partial charge in [0.2, 0.25) is 17.7 Å². The maximum absolute atomic E-state index is 14.4. The predicted molar refractivity (Wildman–Crippen MR) is 313 cm³/mol. The van der Waals surface area contributed by atoms with Gasteiger partial charge in [0.1, 0.15) is 22.9 Å². The van der Waals surface area contributed by atoms with Crippen LogP contribution < -0.4 is 45.5 Å². The molecule has 2 aliphatic rings. The fourth-order valence-electron chi connectivity index (χ4n) is 10.3. The van der Waals surface area contributed by atoms with Crippen molar-refractivity contribution in [2.24, 2.45) is 0 Å². The molecule has 6 rings (SSSR count). The van der Waals surface area contributed by atoms with Crippen LogP contribution in [0.4, 0.5) is 0 Å². The summed E-state index contributed by atoms with van der Waals surface area (Å²) >= 11 is 1.58. The number of carbonyl (C=O) groups is 11. The van der Waals surface area contributed by atoms with Crippen LogP contribution in [0.1, 0.15) is 160 Å². The van der Waals surface area contributed by atoms with Crippen molar-refractivity contribution in [2.45, 2.75) is 154 Å². The summed E-state index contributed by atoms with van der Waals surface area (Å²) in [6, 6.07) is 18.7. The number of nitrogens with one attached hydrogen (secondary N) is 5. The van der Waals surface area contributed by atoms with Gasteiger partial charge < -0.3 is 55.5 Å². The number of ether oxygens (including phenoxy) is 4. The Morgan fingerprint density at radius 3 is 1.58 bits per heavy atom. The lowest BCUT2D eigenvalue weighted by Gasteiger charge is -2.44. The molecule has 4 unspecified atom stereocenters. The molecule has 454 valence electrons. The number of nitrogens with zero attached hydrogens (tertiary/aromatic N) is 1. The highest BCUT2D eigenvalue weighted by molar-refractivity contribution is 8.01. The summed E-state index contributed by atoms with van der Waals surface area (Å²) in [5, 5.41) is 24.4. The zero-order valence-electron chi connectivity index (χ0n) is 49.2. The molecule has 4 aromatic carbocycles. The molecule has 0 bridgehead atoms. The summed E-state index contributed by atoms with van der Waals surface area (Å²) in [4.78, 5) is 147. The van der Waals surface area contributed by atoms with Crippen molar-refractivity contribution in [3.8, 4) is 28.7 Å². The Bertz CT molecular complexity index is 3120. The second-order valence-electron chi connectivity index (χ2n) is 21.7. The van der Waals surface area contributed by atoms with Crippen molar-refractivity contribution < 1.29 is 76.8 Å². The standard InChI is InChI=1S/C62H74N6O16S/c1-35-16-10-17-45(36(35)2)55(76)63-31-13-28-62(29-14-32-64-56(77)46-18-11-20-49(81-38(4)69)53(46)83-40(6)71,30-15-33-65-57(78)47-19-12-21-50(82-39(5)70)54(47)84-41(7)72)67-51(75)27-26-44(74)34-48(42-22-24-43(73)25-23-42)58(79)66-52-59(80)68-37(3)61(8,9)85-60(52)68/h10-12,16-25,37,48,52,60,73H,13-15,26-34H2,1-9H3,(H,63,76)(H,64,77)(H,65,78)(H,66,79)(H,67,75). The molecule has 4 aromatic rings. The van der Waals surface area contributed by atoms with Crippen LogP contribution >= 0.6 is 11.8 Å². The molecule has 4 atom stereocenters. The molecule has 0 radical (unpaired) electrons. The molecule has 6 N–H and O–H groups in total. The number of benzene rings is 4. The zero-order valence-corrected chi connectivity index (χ0v) is 50.0. The average Bonchev–Trinajstić information content (AvgIpc) is 2.87. The molecule has 6 amide bonds. The van der Waals surface area contributed by atoms with E-state index in [0.29, 0.717) is 17.5 Å². The molecule has 22 nitrogen and oxygen atoms in total. The number of fused-ring (bicyclic) bond motifs is 1. The Morgan fingerprint density at radius 1 is 0.635 bits per heavy atom. The molecule has 0 spiro atoms. The maximum atomic E-state index is 14.4. The van der Waals surface area contributed by atoms with Crippen LogP contribution in [-0.4, -0.2) is 122 Å². The Hall–Kier alpha value is -8.60. The van der Waals surface area contributed by atoms with Gasteiger partial charge in [0, 0.05) is 88.5 Å². The van der Waals surface area contributed by atoms with Crippen molar-refractivity contribution in [3.63, 3.8) is 0 Å².